The fourth-order valence-electron chi connectivity index (χ4n) is 5.27. The van der Waals surface area contributed by atoms with Crippen molar-refractivity contribution in [2.75, 3.05) is 18.9 Å². The van der Waals surface area contributed by atoms with Gasteiger partial charge in [-0.25, -0.2) is 4.79 Å². The Bertz CT molecular complexity index is 1250. The lowest BCUT2D eigenvalue weighted by atomic mass is 9.90. The molecule has 0 radical (unpaired) electrons. The van der Waals surface area contributed by atoms with Crippen LogP contribution in [0.3, 0.4) is 0 Å². The molecule has 9 nitrogen and oxygen atoms in total. The van der Waals surface area contributed by atoms with E-state index in [9.17, 15) is 14.4 Å². The number of carbonyl (C=O) groups is 3. The quantitative estimate of drug-likeness (QED) is 0.411. The van der Waals surface area contributed by atoms with E-state index in [0.29, 0.717) is 11.9 Å². The second-order valence-corrected chi connectivity index (χ2v) is 13.1. The first-order chi connectivity index (χ1) is 18.2. The summed E-state index contributed by atoms with van der Waals surface area (Å²) in [6.45, 7) is 14.3. The normalized spacial score (nSPS) is 18.2. The molecule has 1 aliphatic carbocycles. The highest BCUT2D eigenvalue weighted by Gasteiger charge is 2.50. The molecule has 1 aromatic heterocycles. The first-order valence-corrected chi connectivity index (χ1v) is 14.1. The van der Waals surface area contributed by atoms with Gasteiger partial charge in [0.15, 0.2) is 0 Å². The van der Waals surface area contributed by atoms with E-state index >= 15 is 0 Å². The van der Waals surface area contributed by atoms with Gasteiger partial charge in [0.2, 0.25) is 5.91 Å². The molecule has 1 aliphatic heterocycles. The molecule has 212 valence electrons. The van der Waals surface area contributed by atoms with E-state index in [0.717, 1.165) is 54.7 Å². The minimum absolute atomic E-state index is 0.0819. The molecule has 1 saturated heterocycles. The predicted octanol–water partition coefficient (Wildman–Crippen LogP) is 5.38. The zero-order chi connectivity index (χ0) is 28.7. The summed E-state index contributed by atoms with van der Waals surface area (Å²) in [6, 6.07) is 5.84. The van der Waals surface area contributed by atoms with Crippen molar-refractivity contribution in [3.63, 3.8) is 0 Å². The van der Waals surface area contributed by atoms with Gasteiger partial charge >= 0.3 is 6.03 Å². The first-order valence-electron chi connectivity index (χ1n) is 14.1. The molecule has 39 heavy (non-hydrogen) atoms. The van der Waals surface area contributed by atoms with Gasteiger partial charge in [0, 0.05) is 44.1 Å². The van der Waals surface area contributed by atoms with Crippen LogP contribution in [0.5, 0.6) is 0 Å². The van der Waals surface area contributed by atoms with Crippen LogP contribution < -0.4 is 5.32 Å². The number of likely N-dealkylation sites (N-methyl/N-ethyl adjacent to an activating group) is 1. The molecule has 1 aromatic carbocycles. The van der Waals surface area contributed by atoms with Crippen molar-refractivity contribution >= 4 is 23.5 Å². The van der Waals surface area contributed by atoms with Gasteiger partial charge in [-0.2, -0.15) is 0 Å². The number of imide groups is 1. The number of hydrogen-bond acceptors (Lipinski definition) is 5. The zero-order valence-electron chi connectivity index (χ0n) is 24.8. The van der Waals surface area contributed by atoms with Crippen molar-refractivity contribution in [3.8, 4) is 0 Å². The van der Waals surface area contributed by atoms with E-state index in [1.54, 1.807) is 20.9 Å². The average Bonchev–Trinajstić information content (AvgIpc) is 3.57. The Kier molecular flexibility index (Phi) is 7.92. The number of anilines is 1. The van der Waals surface area contributed by atoms with Crippen LogP contribution in [0.4, 0.5) is 10.5 Å². The van der Waals surface area contributed by atoms with Gasteiger partial charge < -0.3 is 14.8 Å². The van der Waals surface area contributed by atoms with Crippen molar-refractivity contribution in [1.29, 1.82) is 0 Å². The summed E-state index contributed by atoms with van der Waals surface area (Å²) in [5.74, 6) is 0.687. The minimum Gasteiger partial charge on any atom is -0.326 e. The Morgan fingerprint density at radius 3 is 2.41 bits per heavy atom. The molecule has 2 aromatic rings. The van der Waals surface area contributed by atoms with Crippen molar-refractivity contribution in [2.45, 2.75) is 104 Å². The molecule has 4 rings (SSSR count). The lowest BCUT2D eigenvalue weighted by molar-refractivity contribution is -0.132. The summed E-state index contributed by atoms with van der Waals surface area (Å²) < 4.78 is 2.19. The van der Waals surface area contributed by atoms with E-state index in [2.05, 4.69) is 40.9 Å². The third-order valence-corrected chi connectivity index (χ3v) is 8.01. The SMILES string of the molecule is Cc1ccc(NC(=O)CC(CN2C(=O)N(C)C(C)(C)C2=O)c2nnc(CCCC(C)(C)C)n2C2CC2)c(C)c1. The average molecular weight is 537 g/mol. The van der Waals surface area contributed by atoms with Gasteiger partial charge in [-0.15, -0.1) is 10.2 Å². The number of nitrogens with one attached hydrogen (secondary N) is 1. The topological polar surface area (TPSA) is 100 Å². The molecule has 0 bridgehead atoms. The molecule has 1 atom stereocenters. The number of hydrogen-bond donors (Lipinski definition) is 1. The van der Waals surface area contributed by atoms with Gasteiger partial charge in [0.25, 0.3) is 5.91 Å². The molecule has 1 unspecified atom stereocenters. The van der Waals surface area contributed by atoms with E-state index in [4.69, 9.17) is 0 Å². The van der Waals surface area contributed by atoms with Crippen LogP contribution >= 0.6 is 0 Å². The van der Waals surface area contributed by atoms with E-state index in [1.807, 2.05) is 32.0 Å². The Labute approximate surface area is 232 Å². The van der Waals surface area contributed by atoms with Gasteiger partial charge in [-0.1, -0.05) is 38.5 Å². The highest BCUT2D eigenvalue weighted by Crippen LogP contribution is 2.40. The first kappa shape index (κ1) is 28.8. The van der Waals surface area contributed by atoms with Crippen molar-refractivity contribution in [2.24, 2.45) is 5.41 Å². The summed E-state index contributed by atoms with van der Waals surface area (Å²) >= 11 is 0. The number of amides is 4. The Morgan fingerprint density at radius 2 is 1.85 bits per heavy atom. The molecule has 9 heteroatoms. The fraction of sp³-hybridized carbons (Fsp3) is 0.633. The van der Waals surface area contributed by atoms with Gasteiger partial charge in [-0.05, 0) is 70.4 Å². The maximum Gasteiger partial charge on any atom is 0.327 e. The summed E-state index contributed by atoms with van der Waals surface area (Å²) in [6.07, 6.45) is 5.03. The minimum atomic E-state index is -0.939. The van der Waals surface area contributed by atoms with Crippen LogP contribution in [0.15, 0.2) is 18.2 Å². The zero-order valence-corrected chi connectivity index (χ0v) is 24.8. The smallest absolute Gasteiger partial charge is 0.326 e. The lowest BCUT2D eigenvalue weighted by Gasteiger charge is -2.23. The number of carbonyl (C=O) groups excluding carboxylic acids is 3. The van der Waals surface area contributed by atoms with Crippen LogP contribution in [-0.2, 0) is 16.0 Å². The molecular formula is C30H44N6O3. The molecular weight excluding hydrogens is 492 g/mol. The van der Waals surface area contributed by atoms with Gasteiger partial charge in [-0.3, -0.25) is 14.5 Å². The molecule has 4 amide bonds. The monoisotopic (exact) mass is 536 g/mol. The lowest BCUT2D eigenvalue weighted by Crippen LogP contribution is -2.42. The predicted molar refractivity (Wildman–Crippen MR) is 152 cm³/mol. The Balaban J connectivity index is 1.63. The summed E-state index contributed by atoms with van der Waals surface area (Å²) in [5.41, 5.74) is 2.15. The Hall–Kier alpha value is -3.23. The fourth-order valence-corrected chi connectivity index (χ4v) is 5.27. The Morgan fingerprint density at radius 1 is 1.15 bits per heavy atom. The summed E-state index contributed by atoms with van der Waals surface area (Å²) in [4.78, 5) is 42.5. The van der Waals surface area contributed by atoms with Crippen LogP contribution in [0, 0.1) is 19.3 Å². The molecule has 1 N–H and O–H groups in total. The number of urea groups is 1. The largest absolute Gasteiger partial charge is 0.327 e. The molecule has 0 spiro atoms. The maximum atomic E-state index is 13.4. The van der Waals surface area contributed by atoms with Crippen molar-refractivity contribution < 1.29 is 14.4 Å². The molecule has 2 heterocycles. The highest BCUT2D eigenvalue weighted by molar-refractivity contribution is 6.06. The second-order valence-electron chi connectivity index (χ2n) is 13.1. The summed E-state index contributed by atoms with van der Waals surface area (Å²) in [5, 5.41) is 12.2. The second kappa shape index (κ2) is 10.7. The number of benzene rings is 1. The van der Waals surface area contributed by atoms with Crippen LogP contribution in [0.25, 0.3) is 0 Å². The highest BCUT2D eigenvalue weighted by atomic mass is 16.2. The molecule has 1 saturated carbocycles. The third-order valence-electron chi connectivity index (χ3n) is 8.01. The van der Waals surface area contributed by atoms with Crippen LogP contribution in [0.1, 0.15) is 101 Å². The summed E-state index contributed by atoms with van der Waals surface area (Å²) in [7, 11) is 1.64. The maximum absolute atomic E-state index is 13.4. The molecule has 2 fully saturated rings. The van der Waals surface area contributed by atoms with E-state index < -0.39 is 11.5 Å². The van der Waals surface area contributed by atoms with Crippen LogP contribution in [-0.4, -0.2) is 61.5 Å². The van der Waals surface area contributed by atoms with Crippen molar-refractivity contribution in [3.05, 3.63) is 41.0 Å². The standard InChI is InChI=1S/C30H44N6O3/c1-19-11-14-23(20(2)16-19)31-25(37)17-21(18-35-27(38)30(6,7)34(8)28(35)39)26-33-32-24(36(26)22-12-13-22)10-9-15-29(3,4)5/h11,14,16,21-22H,9-10,12-13,15,17-18H2,1-8H3,(H,31,37). The van der Waals surface area contributed by atoms with Gasteiger partial charge in [0.1, 0.15) is 17.2 Å². The van der Waals surface area contributed by atoms with Crippen LogP contribution in [0.2, 0.25) is 0 Å². The van der Waals surface area contributed by atoms with E-state index in [1.165, 1.54) is 9.80 Å². The third kappa shape index (κ3) is 6.34. The number of aryl methyl sites for hydroxylation is 3. The number of nitrogens with zero attached hydrogens (tertiary/aromatic N) is 5. The number of aromatic nitrogens is 3. The molecule has 2 aliphatic rings. The van der Waals surface area contributed by atoms with E-state index in [-0.39, 0.29) is 36.2 Å². The number of rotatable bonds is 10. The van der Waals surface area contributed by atoms with Gasteiger partial charge in [0.05, 0.1) is 0 Å². The van der Waals surface area contributed by atoms with Crippen molar-refractivity contribution in [1.82, 2.24) is 24.6 Å².